The number of sulfonamides is 1. The van der Waals surface area contributed by atoms with Crippen molar-refractivity contribution in [1.29, 1.82) is 0 Å². The molecule has 0 aliphatic heterocycles. The molecule has 0 atom stereocenters. The Labute approximate surface area is 124 Å². The van der Waals surface area contributed by atoms with Gasteiger partial charge in [-0.25, -0.2) is 13.1 Å². The molecule has 0 spiro atoms. The van der Waals surface area contributed by atoms with E-state index in [1.54, 1.807) is 0 Å². The van der Waals surface area contributed by atoms with Crippen LogP contribution in [0, 0.1) is 5.92 Å². The van der Waals surface area contributed by atoms with E-state index in [4.69, 9.17) is 5.11 Å². The van der Waals surface area contributed by atoms with Gasteiger partial charge in [-0.15, -0.1) is 0 Å². The molecule has 2 rings (SSSR count). The van der Waals surface area contributed by atoms with Gasteiger partial charge in [-0.1, -0.05) is 6.92 Å². The van der Waals surface area contributed by atoms with Crippen LogP contribution in [0.15, 0.2) is 17.3 Å². The third-order valence-electron chi connectivity index (χ3n) is 3.81. The number of nitrogens with one attached hydrogen (secondary N) is 1. The second-order valence-electron chi connectivity index (χ2n) is 5.66. The second-order valence-corrected chi connectivity index (χ2v) is 7.37. The molecule has 2 N–H and O–H groups in total. The summed E-state index contributed by atoms with van der Waals surface area (Å²) in [7, 11) is -3.58. The summed E-state index contributed by atoms with van der Waals surface area (Å²) in [6.45, 7) is 2.34. The van der Waals surface area contributed by atoms with Crippen molar-refractivity contribution >= 4 is 16.0 Å². The molecule has 1 heterocycles. The number of hydrogen-bond donors (Lipinski definition) is 2. The first-order chi connectivity index (χ1) is 9.87. The van der Waals surface area contributed by atoms with E-state index in [9.17, 15) is 13.2 Å². The highest BCUT2D eigenvalue weighted by atomic mass is 32.2. The van der Waals surface area contributed by atoms with Gasteiger partial charge in [0.2, 0.25) is 10.0 Å². The van der Waals surface area contributed by atoms with E-state index in [1.165, 1.54) is 17.1 Å². The Hall–Kier alpha value is -1.41. The van der Waals surface area contributed by atoms with E-state index >= 15 is 0 Å². The molecule has 0 bridgehead atoms. The van der Waals surface area contributed by atoms with E-state index in [0.29, 0.717) is 5.92 Å². The van der Waals surface area contributed by atoms with Gasteiger partial charge in [-0.3, -0.25) is 9.48 Å². The minimum atomic E-state index is -3.58. The molecule has 1 aromatic rings. The monoisotopic (exact) mass is 315 g/mol. The van der Waals surface area contributed by atoms with Gasteiger partial charge < -0.3 is 5.11 Å². The number of aromatic nitrogens is 2. The molecule has 1 aliphatic rings. The Bertz CT molecular complexity index is 588. The van der Waals surface area contributed by atoms with Crippen molar-refractivity contribution < 1.29 is 18.3 Å². The number of carboxylic acids is 1. The van der Waals surface area contributed by atoms with E-state index in [-0.39, 0.29) is 23.9 Å². The van der Waals surface area contributed by atoms with Crippen LogP contribution in [0.2, 0.25) is 0 Å². The van der Waals surface area contributed by atoms with Gasteiger partial charge >= 0.3 is 5.97 Å². The van der Waals surface area contributed by atoms with Crippen LogP contribution in [-0.2, 0) is 21.4 Å². The highest BCUT2D eigenvalue weighted by Crippen LogP contribution is 2.24. The van der Waals surface area contributed by atoms with E-state index < -0.39 is 16.0 Å². The number of hydrogen-bond acceptors (Lipinski definition) is 4. The zero-order valence-corrected chi connectivity index (χ0v) is 12.8. The van der Waals surface area contributed by atoms with Gasteiger partial charge in [0.25, 0.3) is 0 Å². The molecular weight excluding hydrogens is 294 g/mol. The maximum absolute atomic E-state index is 12.3. The number of carbonyl (C=O) groups is 1. The smallest absolute Gasteiger partial charge is 0.305 e. The normalized spacial score (nSPS) is 23.1. The fraction of sp³-hybridized carbons (Fsp3) is 0.692. The largest absolute Gasteiger partial charge is 0.481 e. The van der Waals surface area contributed by atoms with Gasteiger partial charge in [-0.05, 0) is 31.6 Å². The van der Waals surface area contributed by atoms with Crippen molar-refractivity contribution in [2.45, 2.75) is 56.5 Å². The number of aliphatic carboxylic acids is 1. The first-order valence-corrected chi connectivity index (χ1v) is 8.62. The molecule has 0 saturated heterocycles. The van der Waals surface area contributed by atoms with Gasteiger partial charge in [0.05, 0.1) is 19.2 Å². The highest BCUT2D eigenvalue weighted by Gasteiger charge is 2.25. The summed E-state index contributed by atoms with van der Waals surface area (Å²) in [5, 5.41) is 12.5. The number of carboxylic acid groups (broad SMARTS) is 1. The fourth-order valence-corrected chi connectivity index (χ4v) is 3.74. The SMILES string of the molecule is CC1CCC(NS(=O)(=O)c2cnn(CCC(=O)O)c2)CC1. The van der Waals surface area contributed by atoms with Crippen LogP contribution in [-0.4, -0.2) is 35.3 Å². The third kappa shape index (κ3) is 4.53. The lowest BCUT2D eigenvalue weighted by Crippen LogP contribution is -2.37. The van der Waals surface area contributed by atoms with E-state index in [1.807, 2.05) is 0 Å². The average Bonchev–Trinajstić information content (AvgIpc) is 2.88. The molecule has 0 unspecified atom stereocenters. The van der Waals surface area contributed by atoms with Crippen molar-refractivity contribution in [3.8, 4) is 0 Å². The minimum absolute atomic E-state index is 0.0198. The molecule has 1 saturated carbocycles. The lowest BCUT2D eigenvalue weighted by Gasteiger charge is -2.26. The van der Waals surface area contributed by atoms with Crippen LogP contribution >= 0.6 is 0 Å². The molecule has 1 aromatic heterocycles. The van der Waals surface area contributed by atoms with Crippen LogP contribution in [0.5, 0.6) is 0 Å². The molecule has 1 aliphatic carbocycles. The first-order valence-electron chi connectivity index (χ1n) is 7.13. The van der Waals surface area contributed by atoms with Crippen LogP contribution in [0.3, 0.4) is 0 Å². The van der Waals surface area contributed by atoms with Crippen molar-refractivity contribution in [2.75, 3.05) is 0 Å². The van der Waals surface area contributed by atoms with Crippen LogP contribution < -0.4 is 4.72 Å². The third-order valence-corrected chi connectivity index (χ3v) is 5.29. The topological polar surface area (TPSA) is 101 Å². The highest BCUT2D eigenvalue weighted by molar-refractivity contribution is 7.89. The number of nitrogens with zero attached hydrogens (tertiary/aromatic N) is 2. The Morgan fingerprint density at radius 1 is 1.43 bits per heavy atom. The second kappa shape index (κ2) is 6.57. The van der Waals surface area contributed by atoms with Crippen molar-refractivity contribution in [3.63, 3.8) is 0 Å². The molecule has 0 aromatic carbocycles. The maximum Gasteiger partial charge on any atom is 0.305 e. The van der Waals surface area contributed by atoms with Crippen LogP contribution in [0.25, 0.3) is 0 Å². The number of aryl methyl sites for hydroxylation is 1. The predicted octanol–water partition coefficient (Wildman–Crippen LogP) is 1.21. The molecule has 7 nitrogen and oxygen atoms in total. The number of rotatable bonds is 6. The van der Waals surface area contributed by atoms with E-state index in [2.05, 4.69) is 16.7 Å². The summed E-state index contributed by atoms with van der Waals surface area (Å²) >= 11 is 0. The molecule has 118 valence electrons. The molecule has 0 radical (unpaired) electrons. The minimum Gasteiger partial charge on any atom is -0.481 e. The maximum atomic E-state index is 12.3. The van der Waals surface area contributed by atoms with Crippen molar-refractivity contribution in [1.82, 2.24) is 14.5 Å². The standard InChI is InChI=1S/C13H21N3O4S/c1-10-2-4-11(5-3-10)15-21(19,20)12-8-14-16(9-12)7-6-13(17)18/h8-11,15H,2-7H2,1H3,(H,17,18). The summed E-state index contributed by atoms with van der Waals surface area (Å²) in [6, 6.07) is -0.0198. The zero-order chi connectivity index (χ0) is 15.5. The quantitative estimate of drug-likeness (QED) is 0.822. The van der Waals surface area contributed by atoms with Gasteiger partial charge in [0, 0.05) is 12.2 Å². The lowest BCUT2D eigenvalue weighted by molar-refractivity contribution is -0.137. The average molecular weight is 315 g/mol. The Kier molecular flexibility index (Phi) is 5.00. The molecule has 21 heavy (non-hydrogen) atoms. The first kappa shape index (κ1) is 16.0. The zero-order valence-electron chi connectivity index (χ0n) is 12.0. The molecule has 8 heteroatoms. The lowest BCUT2D eigenvalue weighted by atomic mass is 9.88. The Morgan fingerprint density at radius 3 is 2.71 bits per heavy atom. The van der Waals surface area contributed by atoms with Gasteiger partial charge in [0.15, 0.2) is 0 Å². The molecule has 1 fully saturated rings. The van der Waals surface area contributed by atoms with Gasteiger partial charge in [0.1, 0.15) is 4.90 Å². The molecular formula is C13H21N3O4S. The summed E-state index contributed by atoms with van der Waals surface area (Å²) < 4.78 is 28.6. The van der Waals surface area contributed by atoms with E-state index in [0.717, 1.165) is 25.7 Å². The molecule has 0 amide bonds. The Balaban J connectivity index is 1.97. The van der Waals surface area contributed by atoms with Gasteiger partial charge in [-0.2, -0.15) is 5.10 Å². The van der Waals surface area contributed by atoms with Crippen molar-refractivity contribution in [2.24, 2.45) is 5.92 Å². The van der Waals surface area contributed by atoms with Crippen LogP contribution in [0.4, 0.5) is 0 Å². The summed E-state index contributed by atoms with van der Waals surface area (Å²) in [4.78, 5) is 10.6. The predicted molar refractivity (Wildman–Crippen MR) is 76.2 cm³/mol. The van der Waals surface area contributed by atoms with Crippen molar-refractivity contribution in [3.05, 3.63) is 12.4 Å². The Morgan fingerprint density at radius 2 is 2.10 bits per heavy atom. The summed E-state index contributed by atoms with van der Waals surface area (Å²) in [6.07, 6.45) is 6.32. The fourth-order valence-electron chi connectivity index (χ4n) is 2.48. The summed E-state index contributed by atoms with van der Waals surface area (Å²) in [5.41, 5.74) is 0. The van der Waals surface area contributed by atoms with Crippen LogP contribution in [0.1, 0.15) is 39.0 Å². The summed E-state index contributed by atoms with van der Waals surface area (Å²) in [5.74, 6) is -0.283.